The first-order valence-electron chi connectivity index (χ1n) is 10.4. The van der Waals surface area contributed by atoms with Crippen LogP contribution in [0.5, 0.6) is 5.75 Å². The van der Waals surface area contributed by atoms with Crippen molar-refractivity contribution in [3.8, 4) is 17.0 Å². The van der Waals surface area contributed by atoms with Crippen LogP contribution in [0.4, 0.5) is 0 Å². The highest BCUT2D eigenvalue weighted by atomic mass is 16.5. The lowest BCUT2D eigenvalue weighted by molar-refractivity contribution is 0.239. The van der Waals surface area contributed by atoms with Gasteiger partial charge < -0.3 is 10.5 Å². The first-order chi connectivity index (χ1) is 12.9. The SMILES string of the molecule is CCc1cccc(CC)c1-c1cc(OC(C)C)c(CCC(N)CC)c(C)n1. The van der Waals surface area contributed by atoms with Crippen molar-refractivity contribution in [2.45, 2.75) is 85.8 Å². The van der Waals surface area contributed by atoms with Crippen LogP contribution < -0.4 is 10.5 Å². The van der Waals surface area contributed by atoms with Gasteiger partial charge in [-0.25, -0.2) is 0 Å². The van der Waals surface area contributed by atoms with Crippen molar-refractivity contribution in [1.29, 1.82) is 0 Å². The van der Waals surface area contributed by atoms with E-state index in [0.29, 0.717) is 0 Å². The number of aryl methyl sites for hydroxylation is 3. The number of pyridine rings is 1. The molecule has 0 aliphatic heterocycles. The van der Waals surface area contributed by atoms with Crippen molar-refractivity contribution in [1.82, 2.24) is 4.98 Å². The van der Waals surface area contributed by atoms with E-state index in [2.05, 4.69) is 65.8 Å². The van der Waals surface area contributed by atoms with Gasteiger partial charge in [0.25, 0.3) is 0 Å². The van der Waals surface area contributed by atoms with E-state index < -0.39 is 0 Å². The van der Waals surface area contributed by atoms with Crippen LogP contribution in [-0.4, -0.2) is 17.1 Å². The largest absolute Gasteiger partial charge is 0.491 e. The average Bonchev–Trinajstić information content (AvgIpc) is 2.65. The normalized spacial score (nSPS) is 12.4. The summed E-state index contributed by atoms with van der Waals surface area (Å²) in [4.78, 5) is 5.01. The lowest BCUT2D eigenvalue weighted by Gasteiger charge is -2.20. The van der Waals surface area contributed by atoms with Gasteiger partial charge >= 0.3 is 0 Å². The first-order valence-corrected chi connectivity index (χ1v) is 10.4. The molecule has 0 amide bonds. The molecule has 3 nitrogen and oxygen atoms in total. The Kier molecular flexibility index (Phi) is 7.85. The summed E-state index contributed by atoms with van der Waals surface area (Å²) >= 11 is 0. The molecule has 0 aliphatic rings. The Morgan fingerprint density at radius 3 is 2.22 bits per heavy atom. The molecule has 1 unspecified atom stereocenters. The van der Waals surface area contributed by atoms with Crippen molar-refractivity contribution in [3.05, 3.63) is 46.6 Å². The molecule has 0 saturated heterocycles. The number of hydrogen-bond acceptors (Lipinski definition) is 3. The van der Waals surface area contributed by atoms with Crippen molar-refractivity contribution in [2.75, 3.05) is 0 Å². The topological polar surface area (TPSA) is 48.1 Å². The second-order valence-corrected chi connectivity index (χ2v) is 7.60. The number of hydrogen-bond donors (Lipinski definition) is 1. The van der Waals surface area contributed by atoms with Crippen molar-refractivity contribution >= 4 is 0 Å². The van der Waals surface area contributed by atoms with Crippen LogP contribution in [0.25, 0.3) is 11.3 Å². The van der Waals surface area contributed by atoms with Crippen molar-refractivity contribution in [3.63, 3.8) is 0 Å². The fourth-order valence-electron chi connectivity index (χ4n) is 3.57. The average molecular weight is 369 g/mol. The van der Waals surface area contributed by atoms with Crippen molar-refractivity contribution in [2.24, 2.45) is 5.73 Å². The Labute approximate surface area is 165 Å². The molecule has 2 N–H and O–H groups in total. The standard InChI is InChI=1S/C24H36N2O/c1-7-18-11-10-12-19(8-2)24(18)22-15-23(27-16(4)5)21(17(6)26-22)14-13-20(25)9-3/h10-12,15-16,20H,7-9,13-14,25H2,1-6H3. The van der Waals surface area contributed by atoms with Gasteiger partial charge in [-0.2, -0.15) is 0 Å². The summed E-state index contributed by atoms with van der Waals surface area (Å²) in [6.45, 7) is 12.8. The molecule has 0 fully saturated rings. The minimum atomic E-state index is 0.130. The second-order valence-electron chi connectivity index (χ2n) is 7.60. The van der Waals surface area contributed by atoms with E-state index in [9.17, 15) is 0 Å². The molecule has 148 valence electrons. The van der Waals surface area contributed by atoms with Crippen LogP contribution in [0.3, 0.4) is 0 Å². The van der Waals surface area contributed by atoms with Gasteiger partial charge in [0.2, 0.25) is 0 Å². The van der Waals surface area contributed by atoms with E-state index >= 15 is 0 Å². The van der Waals surface area contributed by atoms with Crippen LogP contribution in [-0.2, 0) is 19.3 Å². The third kappa shape index (κ3) is 5.32. The van der Waals surface area contributed by atoms with Crippen LogP contribution in [0.2, 0.25) is 0 Å². The molecule has 0 saturated carbocycles. The molecule has 1 aromatic heterocycles. The van der Waals surface area contributed by atoms with Gasteiger partial charge in [-0.1, -0.05) is 39.0 Å². The Morgan fingerprint density at radius 1 is 1.07 bits per heavy atom. The third-order valence-corrected chi connectivity index (χ3v) is 5.20. The molecule has 3 heteroatoms. The first kappa shape index (κ1) is 21.4. The Balaban J connectivity index is 2.56. The quantitative estimate of drug-likeness (QED) is 0.623. The summed E-state index contributed by atoms with van der Waals surface area (Å²) in [5.74, 6) is 0.962. The molecule has 0 spiro atoms. The number of nitrogens with two attached hydrogens (primary N) is 1. The lowest BCUT2D eigenvalue weighted by Crippen LogP contribution is -2.20. The van der Waals surface area contributed by atoms with Gasteiger partial charge in [0.15, 0.2) is 0 Å². The van der Waals surface area contributed by atoms with Crippen LogP contribution in [0.15, 0.2) is 24.3 Å². The zero-order valence-corrected chi connectivity index (χ0v) is 17.9. The Hall–Kier alpha value is -1.87. The van der Waals surface area contributed by atoms with E-state index in [1.165, 1.54) is 22.3 Å². The highest BCUT2D eigenvalue weighted by Gasteiger charge is 2.17. The fourth-order valence-corrected chi connectivity index (χ4v) is 3.57. The molecule has 2 rings (SSSR count). The number of ether oxygens (including phenoxy) is 1. The lowest BCUT2D eigenvalue weighted by atomic mass is 9.93. The van der Waals surface area contributed by atoms with Crippen LogP contribution in [0.1, 0.15) is 69.8 Å². The highest BCUT2D eigenvalue weighted by Crippen LogP contribution is 2.34. The van der Waals surface area contributed by atoms with Gasteiger partial charge in [0.1, 0.15) is 5.75 Å². The van der Waals surface area contributed by atoms with Gasteiger partial charge in [0.05, 0.1) is 11.8 Å². The van der Waals surface area contributed by atoms with Gasteiger partial charge in [-0.05, 0) is 64.0 Å². The second kappa shape index (κ2) is 9.89. The molecule has 0 bridgehead atoms. The molecule has 2 aromatic rings. The van der Waals surface area contributed by atoms with E-state index in [1.807, 2.05) is 0 Å². The summed E-state index contributed by atoms with van der Waals surface area (Å²) < 4.78 is 6.22. The fraction of sp³-hybridized carbons (Fsp3) is 0.542. The highest BCUT2D eigenvalue weighted by molar-refractivity contribution is 5.70. The molecular formula is C24H36N2O. The van der Waals surface area contributed by atoms with E-state index in [4.69, 9.17) is 15.5 Å². The molecule has 1 atom stereocenters. The summed E-state index contributed by atoms with van der Waals surface area (Å²) in [6.07, 6.45) is 4.99. The Bertz CT molecular complexity index is 730. The maximum absolute atomic E-state index is 6.22. The number of rotatable bonds is 9. The minimum absolute atomic E-state index is 0.130. The Morgan fingerprint density at radius 2 is 1.70 bits per heavy atom. The predicted molar refractivity (Wildman–Crippen MR) is 116 cm³/mol. The monoisotopic (exact) mass is 368 g/mol. The maximum atomic E-state index is 6.22. The van der Waals surface area contributed by atoms with E-state index in [1.54, 1.807) is 0 Å². The summed E-state index contributed by atoms with van der Waals surface area (Å²) in [7, 11) is 0. The predicted octanol–water partition coefficient (Wildman–Crippen LogP) is 5.64. The van der Waals surface area contributed by atoms with Crippen LogP contribution in [0, 0.1) is 6.92 Å². The smallest absolute Gasteiger partial charge is 0.126 e. The van der Waals surface area contributed by atoms with E-state index in [-0.39, 0.29) is 12.1 Å². The minimum Gasteiger partial charge on any atom is -0.491 e. The zero-order valence-electron chi connectivity index (χ0n) is 17.9. The van der Waals surface area contributed by atoms with Gasteiger partial charge in [0, 0.05) is 28.9 Å². The van der Waals surface area contributed by atoms with E-state index in [0.717, 1.165) is 49.2 Å². The zero-order chi connectivity index (χ0) is 20.0. The third-order valence-electron chi connectivity index (χ3n) is 5.20. The summed E-state index contributed by atoms with van der Waals surface area (Å²) in [6, 6.07) is 8.95. The van der Waals surface area contributed by atoms with Crippen molar-refractivity contribution < 1.29 is 4.74 Å². The van der Waals surface area contributed by atoms with Crippen LogP contribution >= 0.6 is 0 Å². The summed E-state index contributed by atoms with van der Waals surface area (Å²) in [5, 5.41) is 0. The van der Waals surface area contributed by atoms with Gasteiger partial charge in [-0.15, -0.1) is 0 Å². The molecule has 1 aromatic carbocycles. The molecule has 1 heterocycles. The van der Waals surface area contributed by atoms with Gasteiger partial charge in [-0.3, -0.25) is 4.98 Å². The molecule has 0 aliphatic carbocycles. The molecular weight excluding hydrogens is 332 g/mol. The summed E-state index contributed by atoms with van der Waals surface area (Å²) in [5.41, 5.74) is 13.4. The number of nitrogens with zero attached hydrogens (tertiary/aromatic N) is 1. The number of aromatic nitrogens is 1. The number of benzene rings is 1. The molecule has 27 heavy (non-hydrogen) atoms. The maximum Gasteiger partial charge on any atom is 0.126 e. The molecule has 0 radical (unpaired) electrons.